The van der Waals surface area contributed by atoms with Gasteiger partial charge in [0.1, 0.15) is 11.4 Å². The highest BCUT2D eigenvalue weighted by molar-refractivity contribution is 6.13. The summed E-state index contributed by atoms with van der Waals surface area (Å²) in [6.07, 6.45) is 0.970. The first-order chi connectivity index (χ1) is 18.4. The van der Waals surface area contributed by atoms with E-state index in [-0.39, 0.29) is 0 Å². The summed E-state index contributed by atoms with van der Waals surface area (Å²) in [5.41, 5.74) is 11.8. The predicted molar refractivity (Wildman–Crippen MR) is 160 cm³/mol. The van der Waals surface area contributed by atoms with E-state index in [0.717, 1.165) is 48.8 Å². The lowest BCUT2D eigenvalue weighted by atomic mass is 10.0. The van der Waals surface area contributed by atoms with Crippen molar-refractivity contribution in [1.29, 1.82) is 0 Å². The largest absolute Gasteiger partial charge is 0.496 e. The van der Waals surface area contributed by atoms with Crippen LogP contribution in [0.3, 0.4) is 0 Å². The zero-order chi connectivity index (χ0) is 26.8. The highest BCUT2D eigenvalue weighted by atomic mass is 16.5. The van der Waals surface area contributed by atoms with Gasteiger partial charge in [0.15, 0.2) is 0 Å². The first-order valence-electron chi connectivity index (χ1n) is 13.4. The van der Waals surface area contributed by atoms with Crippen molar-refractivity contribution in [3.8, 4) is 11.4 Å². The zero-order valence-corrected chi connectivity index (χ0v) is 23.4. The number of aromatic nitrogens is 2. The Morgan fingerprint density at radius 2 is 1.58 bits per heavy atom. The van der Waals surface area contributed by atoms with Gasteiger partial charge in [0.05, 0.1) is 23.7 Å². The highest BCUT2D eigenvalue weighted by Gasteiger charge is 2.19. The Morgan fingerprint density at radius 1 is 0.816 bits per heavy atom. The number of hydrogen-bond donors (Lipinski definition) is 2. The lowest BCUT2D eigenvalue weighted by Gasteiger charge is -2.15. The minimum Gasteiger partial charge on any atom is -0.496 e. The van der Waals surface area contributed by atoms with E-state index in [4.69, 9.17) is 9.72 Å². The first kappa shape index (κ1) is 25.8. The van der Waals surface area contributed by atoms with Crippen LogP contribution < -0.4 is 15.4 Å². The molecule has 0 fully saturated rings. The molecule has 0 spiro atoms. The van der Waals surface area contributed by atoms with Crippen LogP contribution in [0.2, 0.25) is 0 Å². The molecule has 5 aromatic rings. The number of fused-ring (bicyclic) bond motifs is 3. The average molecular weight is 507 g/mol. The molecule has 0 saturated carbocycles. The lowest BCUT2D eigenvalue weighted by molar-refractivity contribution is 0.411. The molecule has 3 aromatic carbocycles. The number of aryl methyl sites for hydroxylation is 5. The van der Waals surface area contributed by atoms with Crippen LogP contribution in [0.1, 0.15) is 33.5 Å². The normalized spacial score (nSPS) is 11.4. The van der Waals surface area contributed by atoms with E-state index in [1.165, 1.54) is 49.8 Å². The van der Waals surface area contributed by atoms with E-state index in [1.807, 2.05) is 0 Å². The van der Waals surface area contributed by atoms with E-state index in [9.17, 15) is 0 Å². The van der Waals surface area contributed by atoms with Crippen molar-refractivity contribution >= 4 is 27.6 Å². The molecule has 0 saturated heterocycles. The van der Waals surface area contributed by atoms with Crippen LogP contribution in [0.4, 0.5) is 5.69 Å². The molecule has 0 unspecified atom stereocenters. The summed E-state index contributed by atoms with van der Waals surface area (Å²) in [5, 5.41) is 9.69. The van der Waals surface area contributed by atoms with Crippen LogP contribution in [0.5, 0.6) is 5.75 Å². The van der Waals surface area contributed by atoms with E-state index in [2.05, 4.69) is 110 Å². The molecule has 0 amide bonds. The van der Waals surface area contributed by atoms with Gasteiger partial charge in [0.2, 0.25) is 0 Å². The Hall–Kier alpha value is -3.83. The summed E-state index contributed by atoms with van der Waals surface area (Å²) >= 11 is 0. The molecular formula is C33H38N4O. The number of para-hydroxylation sites is 1. The lowest BCUT2D eigenvalue weighted by Crippen LogP contribution is -2.24. The van der Waals surface area contributed by atoms with Crippen LogP contribution in [0.25, 0.3) is 27.6 Å². The summed E-state index contributed by atoms with van der Waals surface area (Å²) in [5.74, 6) is 0.955. The zero-order valence-electron chi connectivity index (χ0n) is 23.4. The maximum Gasteiger partial charge on any atom is 0.147 e. The quantitative estimate of drug-likeness (QED) is 0.212. The Balaban J connectivity index is 1.39. The second kappa shape index (κ2) is 10.9. The molecular weight excluding hydrogens is 468 g/mol. The SMILES string of the molecule is COc1cc(CCNCCNc2cc(C)nc3c2c2ccccc2n3-c2c(C)cc(C)cc2C)ccc1C. The summed E-state index contributed by atoms with van der Waals surface area (Å²) in [6.45, 7) is 13.3. The number of nitrogens with one attached hydrogen (secondary N) is 2. The summed E-state index contributed by atoms with van der Waals surface area (Å²) in [7, 11) is 1.73. The number of rotatable bonds is 9. The van der Waals surface area contributed by atoms with Gasteiger partial charge in [0.25, 0.3) is 0 Å². The van der Waals surface area contributed by atoms with Gasteiger partial charge >= 0.3 is 0 Å². The number of anilines is 1. The fraction of sp³-hybridized carbons (Fsp3) is 0.303. The summed E-state index contributed by atoms with van der Waals surface area (Å²) < 4.78 is 7.81. The monoisotopic (exact) mass is 506 g/mol. The molecule has 5 heteroatoms. The Kier molecular flexibility index (Phi) is 7.39. The van der Waals surface area contributed by atoms with E-state index in [1.54, 1.807) is 7.11 Å². The van der Waals surface area contributed by atoms with E-state index < -0.39 is 0 Å². The third-order valence-corrected chi connectivity index (χ3v) is 7.29. The average Bonchev–Trinajstić information content (AvgIpc) is 3.20. The van der Waals surface area contributed by atoms with Gasteiger partial charge in [-0.3, -0.25) is 4.57 Å². The third kappa shape index (κ3) is 4.99. The van der Waals surface area contributed by atoms with Crippen LogP contribution in [-0.4, -0.2) is 36.3 Å². The van der Waals surface area contributed by atoms with E-state index in [0.29, 0.717) is 0 Å². The maximum absolute atomic E-state index is 5.47. The predicted octanol–water partition coefficient (Wildman–Crippen LogP) is 6.97. The summed E-state index contributed by atoms with van der Waals surface area (Å²) in [6, 6.07) is 21.8. The molecule has 38 heavy (non-hydrogen) atoms. The van der Waals surface area contributed by atoms with E-state index >= 15 is 0 Å². The van der Waals surface area contributed by atoms with Gasteiger partial charge in [-0.15, -0.1) is 0 Å². The molecule has 2 aromatic heterocycles. The molecule has 5 rings (SSSR count). The fourth-order valence-corrected chi connectivity index (χ4v) is 5.63. The Morgan fingerprint density at radius 3 is 2.34 bits per heavy atom. The van der Waals surface area contributed by atoms with Gasteiger partial charge in [-0.2, -0.15) is 0 Å². The molecule has 0 aliphatic carbocycles. The molecule has 0 aliphatic rings. The molecule has 196 valence electrons. The van der Waals surface area contributed by atoms with Crippen molar-refractivity contribution in [2.75, 3.05) is 32.1 Å². The number of ether oxygens (including phenoxy) is 1. The van der Waals surface area contributed by atoms with Crippen molar-refractivity contribution in [2.24, 2.45) is 0 Å². The summed E-state index contributed by atoms with van der Waals surface area (Å²) in [4.78, 5) is 5.06. The minimum atomic E-state index is 0.831. The molecule has 0 radical (unpaired) electrons. The molecule has 5 nitrogen and oxygen atoms in total. The van der Waals surface area contributed by atoms with Gasteiger partial charge in [-0.25, -0.2) is 4.98 Å². The Labute approximate surface area is 225 Å². The van der Waals surface area contributed by atoms with Crippen molar-refractivity contribution in [2.45, 2.75) is 41.0 Å². The second-order valence-corrected chi connectivity index (χ2v) is 10.3. The topological polar surface area (TPSA) is 51.1 Å². The van der Waals surface area contributed by atoms with Crippen LogP contribution in [0.15, 0.2) is 60.7 Å². The standard InChI is InChI=1S/C33H38N4O/c1-21-17-23(3)32(24(4)18-21)37-29-10-8-7-9-27(29)31-28(19-25(5)36-33(31)37)35-16-15-34-14-13-26-12-11-22(2)30(20-26)38-6/h7-12,17-20,34H,13-16H2,1-6H3,(H,35,36). The third-order valence-electron chi connectivity index (χ3n) is 7.29. The van der Waals surface area contributed by atoms with Crippen LogP contribution in [0, 0.1) is 34.6 Å². The van der Waals surface area contributed by atoms with Crippen molar-refractivity contribution in [3.63, 3.8) is 0 Å². The number of hydrogen-bond acceptors (Lipinski definition) is 4. The van der Waals surface area contributed by atoms with Crippen molar-refractivity contribution in [3.05, 3.63) is 94.2 Å². The van der Waals surface area contributed by atoms with Crippen molar-refractivity contribution < 1.29 is 4.74 Å². The fourth-order valence-electron chi connectivity index (χ4n) is 5.63. The number of methoxy groups -OCH3 is 1. The highest BCUT2D eigenvalue weighted by Crippen LogP contribution is 2.37. The molecule has 0 bridgehead atoms. The number of benzene rings is 3. The second-order valence-electron chi connectivity index (χ2n) is 10.3. The smallest absolute Gasteiger partial charge is 0.147 e. The van der Waals surface area contributed by atoms with Crippen LogP contribution >= 0.6 is 0 Å². The van der Waals surface area contributed by atoms with Crippen LogP contribution in [-0.2, 0) is 6.42 Å². The van der Waals surface area contributed by atoms with Gasteiger partial charge in [0, 0.05) is 29.9 Å². The molecule has 0 atom stereocenters. The number of nitrogens with zero attached hydrogens (tertiary/aromatic N) is 2. The van der Waals surface area contributed by atoms with Gasteiger partial charge in [-0.05, 0) is 88.0 Å². The molecule has 0 aliphatic heterocycles. The minimum absolute atomic E-state index is 0.831. The van der Waals surface area contributed by atoms with Crippen molar-refractivity contribution in [1.82, 2.24) is 14.9 Å². The Bertz CT molecular complexity index is 1590. The molecule has 2 heterocycles. The first-order valence-corrected chi connectivity index (χ1v) is 13.4. The molecule has 2 N–H and O–H groups in total. The number of pyridine rings is 1. The maximum atomic E-state index is 5.47. The van der Waals surface area contributed by atoms with Gasteiger partial charge in [-0.1, -0.05) is 48.0 Å². The van der Waals surface area contributed by atoms with Gasteiger partial charge < -0.3 is 15.4 Å².